The van der Waals surface area contributed by atoms with Crippen molar-refractivity contribution in [1.82, 2.24) is 10.2 Å². The SMILES string of the molecule is CCOC(=O)C(=C(N)SCCC(=O)c1ccccc1)c1nnc(-c2ccccc2)o1. The first-order chi connectivity index (χ1) is 14.6. The van der Waals surface area contributed by atoms with Crippen LogP contribution in [0.15, 0.2) is 70.1 Å². The first kappa shape index (κ1) is 21.3. The minimum atomic E-state index is -0.653. The van der Waals surface area contributed by atoms with Gasteiger partial charge in [0.1, 0.15) is 0 Å². The lowest BCUT2D eigenvalue weighted by Crippen LogP contribution is -2.13. The van der Waals surface area contributed by atoms with Crippen LogP contribution in [0.4, 0.5) is 0 Å². The number of Topliss-reactive ketones (excluding diaryl/α,β-unsaturated/α-hetero) is 1. The van der Waals surface area contributed by atoms with Crippen LogP contribution >= 0.6 is 11.8 Å². The maximum Gasteiger partial charge on any atom is 0.346 e. The standard InChI is InChI=1S/C22H21N3O4S/c1-2-28-22(27)18(21-25-24-20(29-21)16-11-7-4-8-12-16)19(23)30-14-13-17(26)15-9-5-3-6-10-15/h3-12H,2,13-14,23H2,1H3. The lowest BCUT2D eigenvalue weighted by molar-refractivity contribution is -0.136. The molecule has 1 aromatic heterocycles. The van der Waals surface area contributed by atoms with Crippen molar-refractivity contribution in [2.45, 2.75) is 13.3 Å². The normalized spacial score (nSPS) is 11.6. The predicted molar refractivity (Wildman–Crippen MR) is 115 cm³/mol. The van der Waals surface area contributed by atoms with Crippen molar-refractivity contribution in [2.75, 3.05) is 12.4 Å². The molecule has 0 bridgehead atoms. The van der Waals surface area contributed by atoms with Crippen LogP contribution in [0.2, 0.25) is 0 Å². The Morgan fingerprint density at radius 2 is 1.70 bits per heavy atom. The Balaban J connectivity index is 1.77. The van der Waals surface area contributed by atoms with E-state index in [4.69, 9.17) is 14.9 Å². The number of aromatic nitrogens is 2. The van der Waals surface area contributed by atoms with E-state index in [9.17, 15) is 9.59 Å². The molecule has 0 radical (unpaired) electrons. The highest BCUT2D eigenvalue weighted by atomic mass is 32.2. The van der Waals surface area contributed by atoms with Gasteiger partial charge in [0.2, 0.25) is 5.89 Å². The highest BCUT2D eigenvalue weighted by Gasteiger charge is 2.24. The maximum absolute atomic E-state index is 12.5. The summed E-state index contributed by atoms with van der Waals surface area (Å²) in [7, 11) is 0. The third-order valence-corrected chi connectivity index (χ3v) is 4.99. The molecule has 0 saturated heterocycles. The Hall–Kier alpha value is -3.39. The Bertz CT molecular complexity index is 1030. The average molecular weight is 423 g/mol. The van der Waals surface area contributed by atoms with Gasteiger partial charge in [0.05, 0.1) is 11.6 Å². The van der Waals surface area contributed by atoms with Crippen molar-refractivity contribution in [3.05, 3.63) is 77.1 Å². The van der Waals surface area contributed by atoms with Crippen LogP contribution in [0.1, 0.15) is 29.6 Å². The number of ether oxygens (including phenoxy) is 1. The van der Waals surface area contributed by atoms with E-state index >= 15 is 0 Å². The third-order valence-electron chi connectivity index (χ3n) is 4.07. The van der Waals surface area contributed by atoms with Crippen LogP contribution in [0, 0.1) is 0 Å². The minimum absolute atomic E-state index is 0.00209. The van der Waals surface area contributed by atoms with Gasteiger partial charge in [-0.3, -0.25) is 4.79 Å². The molecule has 0 fully saturated rings. The van der Waals surface area contributed by atoms with E-state index in [1.54, 1.807) is 19.1 Å². The van der Waals surface area contributed by atoms with Crippen molar-refractivity contribution in [3.8, 4) is 11.5 Å². The molecule has 0 aliphatic heterocycles. The number of carbonyl (C=O) groups excluding carboxylic acids is 2. The van der Waals surface area contributed by atoms with Gasteiger partial charge < -0.3 is 14.9 Å². The second kappa shape index (κ2) is 10.4. The van der Waals surface area contributed by atoms with Gasteiger partial charge in [-0.1, -0.05) is 48.5 Å². The highest BCUT2D eigenvalue weighted by molar-refractivity contribution is 8.03. The molecule has 0 spiro atoms. The van der Waals surface area contributed by atoms with Crippen molar-refractivity contribution in [3.63, 3.8) is 0 Å². The molecule has 154 valence electrons. The summed E-state index contributed by atoms with van der Waals surface area (Å²) in [5.41, 5.74) is 7.52. The number of ketones is 1. The van der Waals surface area contributed by atoms with Gasteiger partial charge in [0.25, 0.3) is 5.89 Å². The Kier molecular flexibility index (Phi) is 7.40. The lowest BCUT2D eigenvalue weighted by atomic mass is 10.1. The van der Waals surface area contributed by atoms with Gasteiger partial charge in [0, 0.05) is 23.3 Å². The second-order valence-electron chi connectivity index (χ2n) is 6.13. The van der Waals surface area contributed by atoms with Crippen molar-refractivity contribution in [2.24, 2.45) is 5.73 Å². The van der Waals surface area contributed by atoms with Crippen LogP contribution in [-0.4, -0.2) is 34.3 Å². The van der Waals surface area contributed by atoms with Gasteiger partial charge in [-0.05, 0) is 19.1 Å². The summed E-state index contributed by atoms with van der Waals surface area (Å²) in [5.74, 6) is -0.0173. The monoisotopic (exact) mass is 423 g/mol. The molecular weight excluding hydrogens is 402 g/mol. The number of hydrogen-bond donors (Lipinski definition) is 1. The van der Waals surface area contributed by atoms with E-state index in [1.165, 1.54) is 11.8 Å². The Morgan fingerprint density at radius 1 is 1.03 bits per heavy atom. The zero-order valence-corrected chi connectivity index (χ0v) is 17.2. The fourth-order valence-electron chi connectivity index (χ4n) is 2.61. The van der Waals surface area contributed by atoms with Crippen LogP contribution in [0.3, 0.4) is 0 Å². The molecular formula is C22H21N3O4S. The third kappa shape index (κ3) is 5.36. The number of carbonyl (C=O) groups is 2. The number of esters is 1. The first-order valence-electron chi connectivity index (χ1n) is 9.37. The lowest BCUT2D eigenvalue weighted by Gasteiger charge is -2.08. The fourth-order valence-corrected chi connectivity index (χ4v) is 3.43. The summed E-state index contributed by atoms with van der Waals surface area (Å²) in [6.07, 6.45) is 0.268. The first-order valence-corrected chi connectivity index (χ1v) is 10.4. The van der Waals surface area contributed by atoms with Crippen LogP contribution in [-0.2, 0) is 9.53 Å². The van der Waals surface area contributed by atoms with Crippen molar-refractivity contribution in [1.29, 1.82) is 0 Å². The van der Waals surface area contributed by atoms with Crippen LogP contribution < -0.4 is 5.73 Å². The van der Waals surface area contributed by atoms with E-state index in [-0.39, 0.29) is 41.2 Å². The summed E-state index contributed by atoms with van der Waals surface area (Å²) in [6.45, 7) is 1.87. The number of rotatable bonds is 9. The smallest absolute Gasteiger partial charge is 0.346 e. The summed E-state index contributed by atoms with van der Waals surface area (Å²) < 4.78 is 10.8. The molecule has 1 heterocycles. The largest absolute Gasteiger partial charge is 0.462 e. The molecule has 3 rings (SSSR count). The number of thioether (sulfide) groups is 1. The second-order valence-corrected chi connectivity index (χ2v) is 7.26. The number of hydrogen-bond acceptors (Lipinski definition) is 8. The summed E-state index contributed by atoms with van der Waals surface area (Å²) in [4.78, 5) is 24.7. The fraction of sp³-hybridized carbons (Fsp3) is 0.182. The molecule has 0 amide bonds. The zero-order chi connectivity index (χ0) is 21.3. The number of nitrogens with zero attached hydrogens (tertiary/aromatic N) is 2. The Labute approximate surface area is 178 Å². The summed E-state index contributed by atoms with van der Waals surface area (Å²) >= 11 is 1.17. The molecule has 0 aliphatic carbocycles. The van der Waals surface area contributed by atoms with E-state index in [0.717, 1.165) is 5.56 Å². The molecule has 7 nitrogen and oxygen atoms in total. The van der Waals surface area contributed by atoms with E-state index in [2.05, 4.69) is 10.2 Å². The molecule has 0 unspecified atom stereocenters. The number of benzene rings is 2. The van der Waals surface area contributed by atoms with Gasteiger partial charge >= 0.3 is 5.97 Å². The van der Waals surface area contributed by atoms with Gasteiger partial charge in [-0.25, -0.2) is 4.79 Å². The molecule has 30 heavy (non-hydrogen) atoms. The van der Waals surface area contributed by atoms with Crippen molar-refractivity contribution < 1.29 is 18.7 Å². The summed E-state index contributed by atoms with van der Waals surface area (Å²) in [5, 5.41) is 8.14. The van der Waals surface area contributed by atoms with Crippen LogP contribution in [0.25, 0.3) is 17.0 Å². The molecule has 2 N–H and O–H groups in total. The average Bonchev–Trinajstić information content (AvgIpc) is 3.25. The van der Waals surface area contributed by atoms with Gasteiger partial charge in [0.15, 0.2) is 11.4 Å². The summed E-state index contributed by atoms with van der Waals surface area (Å²) in [6, 6.07) is 18.2. The van der Waals surface area contributed by atoms with Gasteiger partial charge in [-0.2, -0.15) is 0 Å². The number of nitrogens with two attached hydrogens (primary N) is 1. The van der Waals surface area contributed by atoms with E-state index in [0.29, 0.717) is 11.3 Å². The van der Waals surface area contributed by atoms with Crippen LogP contribution in [0.5, 0.6) is 0 Å². The minimum Gasteiger partial charge on any atom is -0.462 e. The maximum atomic E-state index is 12.5. The zero-order valence-electron chi connectivity index (χ0n) is 16.4. The van der Waals surface area contributed by atoms with Crippen molar-refractivity contribution >= 4 is 29.1 Å². The molecule has 0 saturated carbocycles. The Morgan fingerprint density at radius 3 is 2.37 bits per heavy atom. The molecule has 3 aromatic rings. The van der Waals surface area contributed by atoms with E-state index in [1.807, 2.05) is 48.5 Å². The molecule has 0 atom stereocenters. The molecule has 2 aromatic carbocycles. The predicted octanol–water partition coefficient (Wildman–Crippen LogP) is 3.93. The highest BCUT2D eigenvalue weighted by Crippen LogP contribution is 2.27. The molecule has 0 aliphatic rings. The quantitative estimate of drug-likeness (QED) is 0.313. The topological polar surface area (TPSA) is 108 Å². The van der Waals surface area contributed by atoms with E-state index < -0.39 is 5.97 Å². The molecule has 8 heteroatoms. The van der Waals surface area contributed by atoms with Gasteiger partial charge in [-0.15, -0.1) is 22.0 Å².